The van der Waals surface area contributed by atoms with Gasteiger partial charge in [0, 0.05) is 46.7 Å². The van der Waals surface area contributed by atoms with E-state index in [1.165, 1.54) is 5.56 Å². The molecular weight excluding hydrogens is 408 g/mol. The molecule has 6 heteroatoms. The maximum atomic E-state index is 13.2. The molecule has 2 aliphatic rings. The lowest BCUT2D eigenvalue weighted by Gasteiger charge is -2.32. The number of carbonyl (C=O) groups is 1. The second-order valence-electron chi connectivity index (χ2n) is 8.78. The SMILES string of the molecule is Cc1cc(Cc2ccccc2Cl)cc([C@@H]2CCCN(C(=O)c3n[nH]c4c3CCC4)C2)n1. The summed E-state index contributed by atoms with van der Waals surface area (Å²) >= 11 is 6.38. The highest BCUT2D eigenvalue weighted by Crippen LogP contribution is 2.30. The summed E-state index contributed by atoms with van der Waals surface area (Å²) in [6, 6.07) is 12.3. The number of nitrogens with zero attached hydrogens (tertiary/aromatic N) is 3. The number of likely N-dealkylation sites (tertiary alicyclic amines) is 1. The zero-order valence-corrected chi connectivity index (χ0v) is 18.6. The zero-order valence-electron chi connectivity index (χ0n) is 17.8. The number of nitrogens with one attached hydrogen (secondary N) is 1. The third-order valence-corrected chi connectivity index (χ3v) is 6.89. The van der Waals surface area contributed by atoms with Crippen molar-refractivity contribution < 1.29 is 4.79 Å². The fourth-order valence-electron chi connectivity index (χ4n) is 4.99. The maximum absolute atomic E-state index is 13.2. The van der Waals surface area contributed by atoms with E-state index in [2.05, 4.69) is 28.4 Å². The monoisotopic (exact) mass is 434 g/mol. The fraction of sp³-hybridized carbons (Fsp3) is 0.400. The number of amides is 1. The summed E-state index contributed by atoms with van der Waals surface area (Å²) in [6.07, 6.45) is 5.87. The molecule has 1 aromatic carbocycles. The van der Waals surface area contributed by atoms with Crippen LogP contribution in [0.5, 0.6) is 0 Å². The van der Waals surface area contributed by atoms with Gasteiger partial charge in [0.15, 0.2) is 5.69 Å². The number of benzene rings is 1. The van der Waals surface area contributed by atoms with Gasteiger partial charge in [-0.2, -0.15) is 5.10 Å². The van der Waals surface area contributed by atoms with Gasteiger partial charge >= 0.3 is 0 Å². The molecule has 1 amide bonds. The Morgan fingerprint density at radius 2 is 2.10 bits per heavy atom. The number of H-pyrrole nitrogens is 1. The average molecular weight is 435 g/mol. The van der Waals surface area contributed by atoms with Gasteiger partial charge in [-0.1, -0.05) is 29.8 Å². The number of aromatic nitrogens is 3. The Morgan fingerprint density at radius 1 is 1.23 bits per heavy atom. The summed E-state index contributed by atoms with van der Waals surface area (Å²) in [4.78, 5) is 20.0. The molecule has 0 unspecified atom stereocenters. The van der Waals surface area contributed by atoms with Crippen molar-refractivity contribution in [2.45, 2.75) is 51.4 Å². The number of hydrogen-bond acceptors (Lipinski definition) is 3. The number of aryl methyl sites for hydroxylation is 2. The van der Waals surface area contributed by atoms with E-state index < -0.39 is 0 Å². The van der Waals surface area contributed by atoms with Crippen molar-refractivity contribution in [2.75, 3.05) is 13.1 Å². The minimum atomic E-state index is 0.0630. The average Bonchev–Trinajstić information content (AvgIpc) is 3.39. The molecule has 3 aromatic rings. The summed E-state index contributed by atoms with van der Waals surface area (Å²) in [7, 11) is 0. The third kappa shape index (κ3) is 4.11. The van der Waals surface area contributed by atoms with Crippen molar-refractivity contribution in [2.24, 2.45) is 0 Å². The first-order valence-electron chi connectivity index (χ1n) is 11.1. The molecular formula is C25H27ClN4O. The largest absolute Gasteiger partial charge is 0.337 e. The Bertz CT molecular complexity index is 1120. The number of halogens is 1. The van der Waals surface area contributed by atoms with Crippen LogP contribution in [0.15, 0.2) is 36.4 Å². The predicted octanol–water partition coefficient (Wildman–Crippen LogP) is 4.87. The topological polar surface area (TPSA) is 61.9 Å². The number of piperidine rings is 1. The van der Waals surface area contributed by atoms with Crippen LogP contribution in [0.1, 0.15) is 69.4 Å². The first-order chi connectivity index (χ1) is 15.1. The van der Waals surface area contributed by atoms with E-state index in [9.17, 15) is 4.79 Å². The predicted molar refractivity (Wildman–Crippen MR) is 122 cm³/mol. The van der Waals surface area contributed by atoms with Crippen molar-refractivity contribution in [3.63, 3.8) is 0 Å². The number of fused-ring (bicyclic) bond motifs is 1. The minimum absolute atomic E-state index is 0.0630. The van der Waals surface area contributed by atoms with E-state index in [1.807, 2.05) is 30.0 Å². The molecule has 1 aliphatic heterocycles. The van der Waals surface area contributed by atoms with Gasteiger partial charge in [-0.3, -0.25) is 14.9 Å². The lowest BCUT2D eigenvalue weighted by molar-refractivity contribution is 0.0698. The van der Waals surface area contributed by atoms with Gasteiger partial charge in [0.25, 0.3) is 5.91 Å². The second kappa shape index (κ2) is 8.46. The van der Waals surface area contributed by atoms with Crippen LogP contribution in [0.4, 0.5) is 0 Å². The Morgan fingerprint density at radius 3 is 2.97 bits per heavy atom. The molecule has 5 nitrogen and oxygen atoms in total. The van der Waals surface area contributed by atoms with Gasteiger partial charge in [0.1, 0.15) is 0 Å². The van der Waals surface area contributed by atoms with E-state index in [0.29, 0.717) is 12.2 Å². The van der Waals surface area contributed by atoms with E-state index >= 15 is 0 Å². The van der Waals surface area contributed by atoms with Crippen LogP contribution in [0.3, 0.4) is 0 Å². The highest BCUT2D eigenvalue weighted by atomic mass is 35.5. The van der Waals surface area contributed by atoms with Gasteiger partial charge in [-0.15, -0.1) is 0 Å². The summed E-state index contributed by atoms with van der Waals surface area (Å²) < 4.78 is 0. The number of carbonyl (C=O) groups excluding carboxylic acids is 1. The highest BCUT2D eigenvalue weighted by Gasteiger charge is 2.31. The Kier molecular flexibility index (Phi) is 5.53. The van der Waals surface area contributed by atoms with Crippen LogP contribution in [0.2, 0.25) is 5.02 Å². The number of hydrogen-bond donors (Lipinski definition) is 1. The molecule has 1 fully saturated rings. The molecule has 1 atom stereocenters. The molecule has 31 heavy (non-hydrogen) atoms. The molecule has 160 valence electrons. The van der Waals surface area contributed by atoms with Gasteiger partial charge in [-0.25, -0.2) is 0 Å². The third-order valence-electron chi connectivity index (χ3n) is 6.52. The second-order valence-corrected chi connectivity index (χ2v) is 9.19. The van der Waals surface area contributed by atoms with Crippen LogP contribution in [0, 0.1) is 6.92 Å². The lowest BCUT2D eigenvalue weighted by Crippen LogP contribution is -2.39. The summed E-state index contributed by atoms with van der Waals surface area (Å²) in [6.45, 7) is 3.52. The van der Waals surface area contributed by atoms with Gasteiger partial charge in [0.05, 0.1) is 0 Å². The quantitative estimate of drug-likeness (QED) is 0.637. The van der Waals surface area contributed by atoms with Crippen LogP contribution >= 0.6 is 11.6 Å². The first-order valence-corrected chi connectivity index (χ1v) is 11.5. The van der Waals surface area contributed by atoms with Gasteiger partial charge in [-0.05, 0) is 74.8 Å². The normalized spacial score (nSPS) is 18.3. The standard InChI is InChI=1S/C25H27ClN4O/c1-16-12-17(13-18-6-2-3-9-21(18)26)14-23(27-16)19-7-5-11-30(15-19)25(31)24-20-8-4-10-22(20)28-29-24/h2-3,6,9,12,14,19H,4-5,7-8,10-11,13,15H2,1H3,(H,28,29)/t19-/m1/s1. The summed E-state index contributed by atoms with van der Waals surface area (Å²) in [5.41, 5.74) is 7.31. The van der Waals surface area contributed by atoms with Gasteiger partial charge in [0.2, 0.25) is 0 Å². The molecule has 5 rings (SSSR count). The Labute approximate surface area is 187 Å². The van der Waals surface area contributed by atoms with E-state index in [1.54, 1.807) is 0 Å². The maximum Gasteiger partial charge on any atom is 0.274 e. The van der Waals surface area contributed by atoms with Crippen molar-refractivity contribution >= 4 is 17.5 Å². The molecule has 1 saturated heterocycles. The molecule has 1 N–H and O–H groups in total. The molecule has 3 heterocycles. The van der Waals surface area contributed by atoms with Crippen molar-refractivity contribution in [3.05, 3.63) is 80.9 Å². The van der Waals surface area contributed by atoms with Crippen molar-refractivity contribution in [1.82, 2.24) is 20.1 Å². The number of aromatic amines is 1. The van der Waals surface area contributed by atoms with E-state index in [-0.39, 0.29) is 11.8 Å². The molecule has 2 aromatic heterocycles. The van der Waals surface area contributed by atoms with Crippen LogP contribution in [0.25, 0.3) is 0 Å². The molecule has 1 aliphatic carbocycles. The zero-order chi connectivity index (χ0) is 21.4. The highest BCUT2D eigenvalue weighted by molar-refractivity contribution is 6.31. The van der Waals surface area contributed by atoms with Crippen LogP contribution < -0.4 is 0 Å². The molecule has 0 bridgehead atoms. The summed E-state index contributed by atoms with van der Waals surface area (Å²) in [5, 5.41) is 8.21. The van der Waals surface area contributed by atoms with E-state index in [4.69, 9.17) is 16.6 Å². The molecule has 0 spiro atoms. The number of rotatable bonds is 4. The minimum Gasteiger partial charge on any atom is -0.337 e. The Balaban J connectivity index is 1.35. The Hall–Kier alpha value is -2.66. The van der Waals surface area contributed by atoms with Crippen molar-refractivity contribution in [1.29, 1.82) is 0 Å². The van der Waals surface area contributed by atoms with E-state index in [0.717, 1.165) is 78.3 Å². The fourth-order valence-corrected chi connectivity index (χ4v) is 5.19. The summed E-state index contributed by atoms with van der Waals surface area (Å²) in [5.74, 6) is 0.308. The molecule has 0 saturated carbocycles. The van der Waals surface area contributed by atoms with Crippen molar-refractivity contribution in [3.8, 4) is 0 Å². The lowest BCUT2D eigenvalue weighted by atomic mass is 9.92. The number of pyridine rings is 1. The van der Waals surface area contributed by atoms with Crippen LogP contribution in [-0.4, -0.2) is 39.1 Å². The smallest absolute Gasteiger partial charge is 0.274 e. The van der Waals surface area contributed by atoms with Crippen LogP contribution in [-0.2, 0) is 19.3 Å². The first kappa shape index (κ1) is 20.3. The molecule has 0 radical (unpaired) electrons. The van der Waals surface area contributed by atoms with Gasteiger partial charge < -0.3 is 4.90 Å².